The summed E-state index contributed by atoms with van der Waals surface area (Å²) in [4.78, 5) is 13.5. The molecule has 1 N–H and O–H groups in total. The van der Waals surface area contributed by atoms with Gasteiger partial charge in [-0.05, 0) is 78.7 Å². The number of thioether (sulfide) groups is 1. The topological polar surface area (TPSA) is 49.8 Å². The first-order valence-corrected chi connectivity index (χ1v) is 12.1. The largest absolute Gasteiger partial charge is 0.511 e. The second-order valence-electron chi connectivity index (χ2n) is 8.30. The molecule has 1 atom stereocenters. The number of carbonyl (C=O) groups is 1. The average Bonchev–Trinajstić information content (AvgIpc) is 2.79. The van der Waals surface area contributed by atoms with Crippen molar-refractivity contribution in [2.75, 3.05) is 18.8 Å². The zero-order valence-corrected chi connectivity index (χ0v) is 18.8. The fourth-order valence-corrected chi connectivity index (χ4v) is 5.49. The van der Waals surface area contributed by atoms with Gasteiger partial charge >= 0.3 is 6.16 Å². The predicted octanol–water partition coefficient (Wildman–Crippen LogP) is 6.03. The molecule has 1 aliphatic heterocycles. The fraction of sp³-hybridized carbons (Fsp3) is 0.346. The van der Waals surface area contributed by atoms with Crippen LogP contribution in [0.3, 0.4) is 0 Å². The van der Waals surface area contributed by atoms with E-state index >= 15 is 0 Å². The number of rotatable bonds is 8. The lowest BCUT2D eigenvalue weighted by atomic mass is 9.83. The van der Waals surface area contributed by atoms with Gasteiger partial charge in [-0.3, -0.25) is 0 Å². The molecule has 1 unspecified atom stereocenters. The summed E-state index contributed by atoms with van der Waals surface area (Å²) in [5.74, 6) is 1.54. The van der Waals surface area contributed by atoms with Crippen LogP contribution in [0.1, 0.15) is 29.5 Å². The van der Waals surface area contributed by atoms with Gasteiger partial charge in [0.05, 0.1) is 0 Å². The third-order valence-electron chi connectivity index (χ3n) is 5.98. The molecule has 0 saturated heterocycles. The SMILES string of the molecule is O=C(O)OC1=C(SCCCc2ccc(F)cc2)N(CC2CCc3ccccc3C2)CC=C1. The number of hydrogen-bond acceptors (Lipinski definition) is 4. The summed E-state index contributed by atoms with van der Waals surface area (Å²) >= 11 is 1.64. The van der Waals surface area contributed by atoms with Crippen molar-refractivity contribution in [2.24, 2.45) is 5.92 Å². The molecule has 6 heteroatoms. The van der Waals surface area contributed by atoms with E-state index in [9.17, 15) is 14.3 Å². The predicted molar refractivity (Wildman–Crippen MR) is 126 cm³/mol. The number of carboxylic acid groups (broad SMARTS) is 1. The van der Waals surface area contributed by atoms with Crippen LogP contribution in [0.2, 0.25) is 0 Å². The zero-order valence-electron chi connectivity index (χ0n) is 18.0. The standard InChI is InChI=1S/C26H28FNO3S/c27-23-13-10-19(11-14-23)5-4-16-32-25-24(31-26(29)30)8-3-15-28(25)18-20-9-12-21-6-1-2-7-22(21)17-20/h1-3,6-8,10-11,13-14,20H,4-5,9,12,15-18H2,(H,29,30). The maximum Gasteiger partial charge on any atom is 0.511 e. The van der Waals surface area contributed by atoms with Gasteiger partial charge in [-0.1, -0.05) is 42.5 Å². The van der Waals surface area contributed by atoms with E-state index in [0.29, 0.717) is 11.7 Å². The number of ether oxygens (including phenoxy) is 1. The third kappa shape index (κ3) is 5.94. The number of hydrogen-bond donors (Lipinski definition) is 1. The van der Waals surface area contributed by atoms with Crippen LogP contribution in [0.4, 0.5) is 9.18 Å². The molecule has 1 aliphatic carbocycles. The highest BCUT2D eigenvalue weighted by Gasteiger charge is 2.25. The molecule has 2 aromatic rings. The maximum atomic E-state index is 13.1. The van der Waals surface area contributed by atoms with Crippen molar-refractivity contribution < 1.29 is 19.0 Å². The first-order chi connectivity index (χ1) is 15.6. The summed E-state index contributed by atoms with van der Waals surface area (Å²) in [6.07, 6.45) is 7.48. The number of fused-ring (bicyclic) bond motifs is 1. The van der Waals surface area contributed by atoms with E-state index in [2.05, 4.69) is 29.2 Å². The second-order valence-corrected chi connectivity index (χ2v) is 9.38. The monoisotopic (exact) mass is 453 g/mol. The van der Waals surface area contributed by atoms with Crippen LogP contribution in [-0.4, -0.2) is 35.0 Å². The van der Waals surface area contributed by atoms with Crippen LogP contribution in [0.25, 0.3) is 0 Å². The van der Waals surface area contributed by atoms with Crippen LogP contribution in [0.15, 0.2) is 71.5 Å². The lowest BCUT2D eigenvalue weighted by molar-refractivity contribution is 0.118. The van der Waals surface area contributed by atoms with Crippen molar-refractivity contribution in [1.29, 1.82) is 0 Å². The van der Waals surface area contributed by atoms with Crippen molar-refractivity contribution in [1.82, 2.24) is 4.90 Å². The number of aryl methyl sites for hydroxylation is 2. The Bertz CT molecular complexity index is 1000. The summed E-state index contributed by atoms with van der Waals surface area (Å²) in [5.41, 5.74) is 3.98. The van der Waals surface area contributed by atoms with Crippen LogP contribution >= 0.6 is 11.8 Å². The average molecular weight is 454 g/mol. The molecular weight excluding hydrogens is 425 g/mol. The highest BCUT2D eigenvalue weighted by Crippen LogP contribution is 2.33. The Morgan fingerprint density at radius 2 is 1.94 bits per heavy atom. The molecule has 0 radical (unpaired) electrons. The van der Waals surface area contributed by atoms with Gasteiger partial charge < -0.3 is 14.7 Å². The van der Waals surface area contributed by atoms with E-state index in [1.807, 2.05) is 18.2 Å². The van der Waals surface area contributed by atoms with E-state index in [4.69, 9.17) is 4.74 Å². The van der Waals surface area contributed by atoms with Gasteiger partial charge in [0.1, 0.15) is 10.8 Å². The maximum absolute atomic E-state index is 13.1. The minimum atomic E-state index is -1.29. The minimum absolute atomic E-state index is 0.223. The van der Waals surface area contributed by atoms with E-state index in [-0.39, 0.29) is 5.82 Å². The molecule has 0 fully saturated rings. The molecule has 1 heterocycles. The van der Waals surface area contributed by atoms with Gasteiger partial charge in [0.15, 0.2) is 5.76 Å². The third-order valence-corrected chi connectivity index (χ3v) is 7.21. The Morgan fingerprint density at radius 1 is 1.16 bits per heavy atom. The quantitative estimate of drug-likeness (QED) is 0.391. The smallest absolute Gasteiger partial charge is 0.449 e. The lowest BCUT2D eigenvalue weighted by Gasteiger charge is -2.34. The van der Waals surface area contributed by atoms with Gasteiger partial charge in [0.2, 0.25) is 0 Å². The normalized spacial score (nSPS) is 17.9. The van der Waals surface area contributed by atoms with Gasteiger partial charge in [-0.15, -0.1) is 11.8 Å². The summed E-state index contributed by atoms with van der Waals surface area (Å²) in [6.45, 7) is 1.64. The van der Waals surface area contributed by atoms with E-state index in [1.165, 1.54) is 23.3 Å². The number of halogens is 1. The van der Waals surface area contributed by atoms with E-state index in [0.717, 1.165) is 61.5 Å². The molecule has 0 aromatic heterocycles. The second kappa shape index (κ2) is 10.7. The summed E-state index contributed by atoms with van der Waals surface area (Å²) < 4.78 is 18.2. The van der Waals surface area contributed by atoms with Crippen molar-refractivity contribution in [3.63, 3.8) is 0 Å². The molecule has 0 saturated carbocycles. The fourth-order valence-electron chi connectivity index (χ4n) is 4.43. The summed E-state index contributed by atoms with van der Waals surface area (Å²) in [5, 5.41) is 10.1. The molecule has 4 rings (SSSR count). The first kappa shape index (κ1) is 22.5. The Kier molecular flexibility index (Phi) is 7.53. The Balaban J connectivity index is 1.40. The van der Waals surface area contributed by atoms with Crippen LogP contribution < -0.4 is 0 Å². The first-order valence-electron chi connectivity index (χ1n) is 11.1. The highest BCUT2D eigenvalue weighted by atomic mass is 32.2. The number of allylic oxidation sites excluding steroid dienone is 1. The number of benzene rings is 2. The zero-order chi connectivity index (χ0) is 22.3. The van der Waals surface area contributed by atoms with Crippen LogP contribution in [0.5, 0.6) is 0 Å². The van der Waals surface area contributed by atoms with Gasteiger partial charge in [-0.25, -0.2) is 9.18 Å². The molecule has 4 nitrogen and oxygen atoms in total. The lowest BCUT2D eigenvalue weighted by Crippen LogP contribution is -2.33. The van der Waals surface area contributed by atoms with Crippen molar-refractivity contribution in [3.05, 3.63) is 94.0 Å². The Morgan fingerprint density at radius 3 is 2.72 bits per heavy atom. The highest BCUT2D eigenvalue weighted by molar-refractivity contribution is 8.03. The minimum Gasteiger partial charge on any atom is -0.449 e. The van der Waals surface area contributed by atoms with Crippen molar-refractivity contribution in [3.8, 4) is 0 Å². The molecule has 0 spiro atoms. The summed E-state index contributed by atoms with van der Waals surface area (Å²) in [6, 6.07) is 15.2. The van der Waals surface area contributed by atoms with E-state index in [1.54, 1.807) is 17.8 Å². The summed E-state index contributed by atoms with van der Waals surface area (Å²) in [7, 11) is 0. The van der Waals surface area contributed by atoms with Gasteiger partial charge in [0.25, 0.3) is 0 Å². The molecule has 168 valence electrons. The molecule has 0 amide bonds. The van der Waals surface area contributed by atoms with Gasteiger partial charge in [0, 0.05) is 13.1 Å². The van der Waals surface area contributed by atoms with E-state index < -0.39 is 6.16 Å². The van der Waals surface area contributed by atoms with Crippen LogP contribution in [0, 0.1) is 11.7 Å². The van der Waals surface area contributed by atoms with Crippen molar-refractivity contribution >= 4 is 17.9 Å². The Labute approximate surface area is 192 Å². The molecule has 32 heavy (non-hydrogen) atoms. The van der Waals surface area contributed by atoms with Gasteiger partial charge in [-0.2, -0.15) is 0 Å². The molecule has 0 bridgehead atoms. The Hall–Kier alpha value is -2.73. The number of nitrogens with zero attached hydrogens (tertiary/aromatic N) is 1. The molecule has 2 aromatic carbocycles. The van der Waals surface area contributed by atoms with Crippen LogP contribution in [-0.2, 0) is 24.0 Å². The molecular formula is C26H28FNO3S. The van der Waals surface area contributed by atoms with Crippen molar-refractivity contribution in [2.45, 2.75) is 32.1 Å². The molecule has 2 aliphatic rings.